The van der Waals surface area contributed by atoms with Crippen molar-refractivity contribution in [3.05, 3.63) is 72.1 Å². The van der Waals surface area contributed by atoms with Crippen molar-refractivity contribution in [3.63, 3.8) is 0 Å². The van der Waals surface area contributed by atoms with Gasteiger partial charge >= 0.3 is 0 Å². The molecule has 3 heterocycles. The van der Waals surface area contributed by atoms with Crippen LogP contribution in [-0.2, 0) is 4.84 Å². The number of amidine groups is 2. The average molecular weight is 402 g/mol. The number of nitrogens with zero attached hydrogens (tertiary/aromatic N) is 4. The number of fused-ring (bicyclic) bond motifs is 1. The third kappa shape index (κ3) is 3.75. The fourth-order valence-electron chi connectivity index (χ4n) is 3.11. The molecule has 0 radical (unpaired) electrons. The van der Waals surface area contributed by atoms with Gasteiger partial charge in [-0.15, -0.1) is 0 Å². The molecule has 0 atom stereocenters. The van der Waals surface area contributed by atoms with Crippen molar-refractivity contribution in [3.8, 4) is 22.8 Å². The largest absolute Gasteiger partial charge is 0.454 e. The highest BCUT2D eigenvalue weighted by molar-refractivity contribution is 5.98. The van der Waals surface area contributed by atoms with Crippen LogP contribution >= 0.6 is 0 Å². The number of hydrogen-bond donors (Lipinski definition) is 2. The van der Waals surface area contributed by atoms with Gasteiger partial charge in [0.1, 0.15) is 30.0 Å². The van der Waals surface area contributed by atoms with Gasteiger partial charge in [0.05, 0.1) is 0 Å². The molecule has 4 rings (SSSR count). The van der Waals surface area contributed by atoms with E-state index in [0.717, 1.165) is 33.8 Å². The maximum Gasteiger partial charge on any atom is 0.170 e. The summed E-state index contributed by atoms with van der Waals surface area (Å²) in [6.07, 6.45) is 3.82. The van der Waals surface area contributed by atoms with E-state index < -0.39 is 0 Å². The van der Waals surface area contributed by atoms with Gasteiger partial charge in [0.15, 0.2) is 11.6 Å². The maximum absolute atomic E-state index is 6.04. The van der Waals surface area contributed by atoms with Crippen LogP contribution in [0.25, 0.3) is 28.4 Å². The van der Waals surface area contributed by atoms with Gasteiger partial charge in [-0.2, -0.15) is 0 Å². The number of benzene rings is 1. The minimum atomic E-state index is 0.317. The summed E-state index contributed by atoms with van der Waals surface area (Å²) < 4.78 is 7.95. The molecule has 1 aromatic carbocycles. The number of pyridine rings is 1. The number of aromatic nitrogens is 2. The Bertz CT molecular complexity index is 1230. The van der Waals surface area contributed by atoms with Crippen LogP contribution in [0.15, 0.2) is 75.5 Å². The number of aliphatic imine (C=N–C) groups is 1. The lowest BCUT2D eigenvalue weighted by Crippen LogP contribution is -2.14. The fourth-order valence-corrected chi connectivity index (χ4v) is 3.11. The molecule has 3 aromatic heterocycles. The first kappa shape index (κ1) is 19.3. The van der Waals surface area contributed by atoms with Crippen molar-refractivity contribution in [1.29, 1.82) is 0 Å². The van der Waals surface area contributed by atoms with E-state index in [1.54, 1.807) is 0 Å². The van der Waals surface area contributed by atoms with E-state index >= 15 is 0 Å². The third-order valence-corrected chi connectivity index (χ3v) is 4.59. The van der Waals surface area contributed by atoms with Gasteiger partial charge in [-0.3, -0.25) is 4.99 Å². The number of imidazole rings is 1. The van der Waals surface area contributed by atoms with Crippen molar-refractivity contribution in [1.82, 2.24) is 9.38 Å². The Balaban J connectivity index is 1.61. The molecule has 4 N–H and O–H groups in total. The highest BCUT2D eigenvalue weighted by atomic mass is 16.6. The topological polar surface area (TPSA) is 116 Å². The van der Waals surface area contributed by atoms with Crippen LogP contribution in [0.2, 0.25) is 0 Å². The van der Waals surface area contributed by atoms with Crippen molar-refractivity contribution in [2.75, 3.05) is 13.7 Å². The van der Waals surface area contributed by atoms with Crippen molar-refractivity contribution < 1.29 is 9.25 Å². The number of rotatable bonds is 6. The van der Waals surface area contributed by atoms with Gasteiger partial charge in [-0.05, 0) is 31.2 Å². The smallest absolute Gasteiger partial charge is 0.170 e. The van der Waals surface area contributed by atoms with Crippen LogP contribution in [0.5, 0.6) is 0 Å². The average Bonchev–Trinajstić information content (AvgIpc) is 3.41. The quantitative estimate of drug-likeness (QED) is 0.292. The minimum Gasteiger partial charge on any atom is -0.454 e. The van der Waals surface area contributed by atoms with Gasteiger partial charge in [0.2, 0.25) is 0 Å². The first-order valence-corrected chi connectivity index (χ1v) is 9.45. The maximum atomic E-state index is 6.04. The molecule has 152 valence electrons. The van der Waals surface area contributed by atoms with Gasteiger partial charge in [0, 0.05) is 35.6 Å². The van der Waals surface area contributed by atoms with E-state index in [9.17, 15) is 0 Å². The lowest BCUT2D eigenvalue weighted by Gasteiger charge is -2.01. The van der Waals surface area contributed by atoms with E-state index in [0.29, 0.717) is 24.0 Å². The fraction of sp³-hybridized carbons (Fsp3) is 0.136. The van der Waals surface area contributed by atoms with Gasteiger partial charge in [0.25, 0.3) is 0 Å². The standard InChI is InChI=1S/C22H22N6O2/c1-3-25-21(23)16-8-11-20-26-17(13-28(20)12-16)19-10-9-18(30-19)14-4-6-15(7-5-14)22(24)27-29-2/h4-13H,3H2,1-2H3,(H2,23,25)(H2,24,27). The van der Waals surface area contributed by atoms with Crippen LogP contribution < -0.4 is 11.5 Å². The Morgan fingerprint density at radius 1 is 0.967 bits per heavy atom. The molecule has 0 fully saturated rings. The van der Waals surface area contributed by atoms with Crippen LogP contribution in [0, 0.1) is 0 Å². The van der Waals surface area contributed by atoms with Crippen LogP contribution in [0.3, 0.4) is 0 Å². The Hall–Kier alpha value is -4.07. The SMILES string of the molecule is CC/N=C(\N)c1ccc2nc(-c3ccc(-c4ccc(/C(N)=N/OC)cc4)o3)cn2c1. The molecule has 0 spiro atoms. The van der Waals surface area contributed by atoms with Crippen molar-refractivity contribution >= 4 is 17.3 Å². The summed E-state index contributed by atoms with van der Waals surface area (Å²) in [5.74, 6) is 2.23. The van der Waals surface area contributed by atoms with Gasteiger partial charge in [-0.25, -0.2) is 4.98 Å². The summed E-state index contributed by atoms with van der Waals surface area (Å²) >= 11 is 0. The highest BCUT2D eigenvalue weighted by Gasteiger charge is 2.12. The van der Waals surface area contributed by atoms with E-state index in [1.807, 2.05) is 72.2 Å². The first-order valence-electron chi connectivity index (χ1n) is 9.45. The molecule has 0 aliphatic heterocycles. The number of hydrogen-bond acceptors (Lipinski definition) is 5. The Morgan fingerprint density at radius 2 is 1.70 bits per heavy atom. The zero-order valence-electron chi connectivity index (χ0n) is 16.7. The van der Waals surface area contributed by atoms with E-state index in [2.05, 4.69) is 15.1 Å². The zero-order valence-corrected chi connectivity index (χ0v) is 16.7. The zero-order chi connectivity index (χ0) is 21.1. The van der Waals surface area contributed by atoms with Crippen molar-refractivity contribution in [2.45, 2.75) is 6.92 Å². The van der Waals surface area contributed by atoms with E-state index in [1.165, 1.54) is 7.11 Å². The second kappa shape index (κ2) is 8.12. The first-order chi connectivity index (χ1) is 14.6. The van der Waals surface area contributed by atoms with E-state index in [-0.39, 0.29) is 0 Å². The monoisotopic (exact) mass is 402 g/mol. The molecule has 0 bridgehead atoms. The second-order valence-electron chi connectivity index (χ2n) is 6.57. The summed E-state index contributed by atoms with van der Waals surface area (Å²) in [6.45, 7) is 2.59. The second-order valence-corrected chi connectivity index (χ2v) is 6.57. The molecule has 0 saturated carbocycles. The molecule has 4 aromatic rings. The Kier molecular flexibility index (Phi) is 5.21. The summed E-state index contributed by atoms with van der Waals surface area (Å²) in [7, 11) is 1.46. The third-order valence-electron chi connectivity index (χ3n) is 4.59. The molecule has 0 aliphatic carbocycles. The normalized spacial score (nSPS) is 12.5. The molecular formula is C22H22N6O2. The van der Waals surface area contributed by atoms with Crippen LogP contribution in [0.1, 0.15) is 18.1 Å². The lowest BCUT2D eigenvalue weighted by atomic mass is 10.1. The predicted octanol–water partition coefficient (Wildman–Crippen LogP) is 3.25. The summed E-state index contributed by atoms with van der Waals surface area (Å²) in [6, 6.07) is 15.2. The number of nitrogens with two attached hydrogens (primary N) is 2. The molecule has 8 nitrogen and oxygen atoms in total. The van der Waals surface area contributed by atoms with Gasteiger partial charge in [-0.1, -0.05) is 29.4 Å². The summed E-state index contributed by atoms with van der Waals surface area (Å²) in [5, 5.41) is 3.73. The van der Waals surface area contributed by atoms with E-state index in [4.69, 9.17) is 20.7 Å². The predicted molar refractivity (Wildman–Crippen MR) is 117 cm³/mol. The Labute approximate surface area is 173 Å². The minimum absolute atomic E-state index is 0.317. The molecule has 0 saturated heterocycles. The lowest BCUT2D eigenvalue weighted by molar-refractivity contribution is 0.213. The van der Waals surface area contributed by atoms with Crippen LogP contribution in [-0.4, -0.2) is 34.7 Å². The molecule has 30 heavy (non-hydrogen) atoms. The summed E-state index contributed by atoms with van der Waals surface area (Å²) in [5.41, 5.74) is 15.9. The summed E-state index contributed by atoms with van der Waals surface area (Å²) in [4.78, 5) is 13.6. The van der Waals surface area contributed by atoms with Crippen LogP contribution in [0.4, 0.5) is 0 Å². The number of oxime groups is 1. The molecular weight excluding hydrogens is 380 g/mol. The Morgan fingerprint density at radius 3 is 2.43 bits per heavy atom. The van der Waals surface area contributed by atoms with Gasteiger partial charge < -0.3 is 25.1 Å². The molecule has 0 unspecified atom stereocenters. The number of furan rings is 1. The molecule has 8 heteroatoms. The van der Waals surface area contributed by atoms with Crippen molar-refractivity contribution in [2.24, 2.45) is 21.6 Å². The molecule has 0 amide bonds. The highest BCUT2D eigenvalue weighted by Crippen LogP contribution is 2.28. The molecule has 0 aliphatic rings.